The van der Waals surface area contributed by atoms with E-state index in [0.717, 1.165) is 18.4 Å². The lowest BCUT2D eigenvalue weighted by atomic mass is 10.1. The Morgan fingerprint density at radius 2 is 2.25 bits per heavy atom. The fraction of sp³-hybridized carbons (Fsp3) is 0.500. The maximum atomic E-state index is 13.1. The van der Waals surface area contributed by atoms with Gasteiger partial charge in [-0.3, -0.25) is 0 Å². The van der Waals surface area contributed by atoms with E-state index in [-0.39, 0.29) is 24.5 Å². The summed E-state index contributed by atoms with van der Waals surface area (Å²) in [6, 6.07) is 4.97. The number of benzene rings is 1. The molecule has 4 nitrogen and oxygen atoms in total. The number of hydrogen-bond acceptors (Lipinski definition) is 2. The van der Waals surface area contributed by atoms with Crippen LogP contribution in [0.2, 0.25) is 0 Å². The molecule has 2 N–H and O–H groups in total. The van der Waals surface area contributed by atoms with Gasteiger partial charge < -0.3 is 15.3 Å². The molecule has 0 aromatic heterocycles. The van der Waals surface area contributed by atoms with Gasteiger partial charge in [0.25, 0.3) is 0 Å². The number of carbonyl (C=O) groups excluding carboxylic acids is 1. The van der Waals surface area contributed by atoms with E-state index >= 15 is 0 Å². The van der Waals surface area contributed by atoms with Gasteiger partial charge in [-0.05, 0) is 52.9 Å². The number of nitrogens with one attached hydrogen (secondary N) is 1. The molecule has 0 aliphatic heterocycles. The zero-order valence-electron chi connectivity index (χ0n) is 11.1. The van der Waals surface area contributed by atoms with E-state index in [9.17, 15) is 9.18 Å². The van der Waals surface area contributed by atoms with Crippen LogP contribution in [0, 0.1) is 5.82 Å². The minimum atomic E-state index is -0.291. The molecule has 1 saturated carbocycles. The topological polar surface area (TPSA) is 52.6 Å². The van der Waals surface area contributed by atoms with Crippen LogP contribution in [0.15, 0.2) is 22.7 Å². The SMILES string of the molecule is O=C(NCCc1ccc(F)c(Br)c1)N(CCO)C1CC1. The molecule has 2 rings (SSSR count). The van der Waals surface area contributed by atoms with Crippen LogP contribution < -0.4 is 5.32 Å². The van der Waals surface area contributed by atoms with E-state index in [0.29, 0.717) is 24.0 Å². The highest BCUT2D eigenvalue weighted by molar-refractivity contribution is 9.10. The Morgan fingerprint density at radius 1 is 1.50 bits per heavy atom. The molecule has 0 unspecified atom stereocenters. The predicted octanol–water partition coefficient (Wildman–Crippen LogP) is 2.30. The second-order valence-electron chi connectivity index (χ2n) is 4.88. The lowest BCUT2D eigenvalue weighted by Gasteiger charge is -2.21. The minimum Gasteiger partial charge on any atom is -0.395 e. The Hall–Kier alpha value is -1.14. The van der Waals surface area contributed by atoms with Crippen molar-refractivity contribution in [3.05, 3.63) is 34.1 Å². The zero-order chi connectivity index (χ0) is 14.5. The van der Waals surface area contributed by atoms with Gasteiger partial charge in [-0.25, -0.2) is 9.18 Å². The maximum Gasteiger partial charge on any atom is 0.317 e. The zero-order valence-corrected chi connectivity index (χ0v) is 12.7. The first kappa shape index (κ1) is 15.3. The Kier molecular flexibility index (Phi) is 5.37. The van der Waals surface area contributed by atoms with Crippen molar-refractivity contribution >= 4 is 22.0 Å². The summed E-state index contributed by atoms with van der Waals surface area (Å²) in [5.41, 5.74) is 0.957. The predicted molar refractivity (Wildman–Crippen MR) is 78.0 cm³/mol. The van der Waals surface area contributed by atoms with Crippen LogP contribution in [-0.4, -0.2) is 41.8 Å². The van der Waals surface area contributed by atoms with Gasteiger partial charge in [-0.15, -0.1) is 0 Å². The van der Waals surface area contributed by atoms with E-state index in [1.165, 1.54) is 6.07 Å². The third-order valence-corrected chi connectivity index (χ3v) is 3.87. The van der Waals surface area contributed by atoms with Gasteiger partial charge in [0.1, 0.15) is 5.82 Å². The average molecular weight is 345 g/mol. The molecule has 0 spiro atoms. The molecular weight excluding hydrogens is 327 g/mol. The van der Waals surface area contributed by atoms with Crippen LogP contribution in [-0.2, 0) is 6.42 Å². The Balaban J connectivity index is 1.79. The molecule has 1 fully saturated rings. The minimum absolute atomic E-state index is 0.0190. The third kappa shape index (κ3) is 4.18. The van der Waals surface area contributed by atoms with Gasteiger partial charge in [0.05, 0.1) is 11.1 Å². The molecule has 0 atom stereocenters. The van der Waals surface area contributed by atoms with Crippen LogP contribution in [0.25, 0.3) is 0 Å². The summed E-state index contributed by atoms with van der Waals surface area (Å²) < 4.78 is 13.5. The van der Waals surface area contributed by atoms with Crippen LogP contribution in [0.3, 0.4) is 0 Å². The van der Waals surface area contributed by atoms with Crippen LogP contribution in [0.4, 0.5) is 9.18 Å². The summed E-state index contributed by atoms with van der Waals surface area (Å²) in [6.45, 7) is 0.846. The highest BCUT2D eigenvalue weighted by atomic mass is 79.9. The van der Waals surface area contributed by atoms with E-state index < -0.39 is 0 Å². The smallest absolute Gasteiger partial charge is 0.317 e. The highest BCUT2D eigenvalue weighted by Crippen LogP contribution is 2.26. The number of amides is 2. The van der Waals surface area contributed by atoms with E-state index in [1.807, 2.05) is 0 Å². The second kappa shape index (κ2) is 7.04. The highest BCUT2D eigenvalue weighted by Gasteiger charge is 2.31. The first-order valence-corrected chi connectivity index (χ1v) is 7.50. The fourth-order valence-corrected chi connectivity index (χ4v) is 2.48. The molecule has 1 aliphatic carbocycles. The quantitative estimate of drug-likeness (QED) is 0.831. The standard InChI is InChI=1S/C14H18BrFN2O2/c15-12-9-10(1-4-13(12)16)5-6-17-14(20)18(7-8-19)11-2-3-11/h1,4,9,11,19H,2-3,5-8H2,(H,17,20). The lowest BCUT2D eigenvalue weighted by Crippen LogP contribution is -2.43. The van der Waals surface area contributed by atoms with Gasteiger partial charge in [-0.2, -0.15) is 0 Å². The van der Waals surface area contributed by atoms with Crippen molar-refractivity contribution < 1.29 is 14.3 Å². The normalized spacial score (nSPS) is 14.2. The molecule has 20 heavy (non-hydrogen) atoms. The molecule has 1 aromatic carbocycles. The summed E-state index contributed by atoms with van der Waals surface area (Å²) in [5, 5.41) is 11.8. The number of nitrogens with zero attached hydrogens (tertiary/aromatic N) is 1. The molecule has 110 valence electrons. The molecular formula is C14H18BrFN2O2. The van der Waals surface area contributed by atoms with E-state index in [4.69, 9.17) is 5.11 Å². The largest absolute Gasteiger partial charge is 0.395 e. The summed E-state index contributed by atoms with van der Waals surface area (Å²) in [5.74, 6) is -0.291. The van der Waals surface area contributed by atoms with Crippen molar-refractivity contribution in [1.29, 1.82) is 0 Å². The number of urea groups is 1. The number of rotatable bonds is 6. The maximum absolute atomic E-state index is 13.1. The van der Waals surface area contributed by atoms with Crippen molar-refractivity contribution in [2.24, 2.45) is 0 Å². The fourth-order valence-electron chi connectivity index (χ4n) is 2.05. The Bertz CT molecular complexity index is 480. The van der Waals surface area contributed by atoms with Crippen LogP contribution >= 0.6 is 15.9 Å². The molecule has 0 bridgehead atoms. The number of aliphatic hydroxyl groups excluding tert-OH is 1. The summed E-state index contributed by atoms with van der Waals surface area (Å²) in [6.07, 6.45) is 2.67. The van der Waals surface area contributed by atoms with Crippen molar-refractivity contribution in [1.82, 2.24) is 10.2 Å². The number of aliphatic hydroxyl groups is 1. The van der Waals surface area contributed by atoms with Crippen molar-refractivity contribution in [3.8, 4) is 0 Å². The Labute approximate surface area is 126 Å². The Morgan fingerprint density at radius 3 is 2.85 bits per heavy atom. The van der Waals surface area contributed by atoms with Gasteiger partial charge in [0, 0.05) is 19.1 Å². The molecule has 0 radical (unpaired) electrons. The second-order valence-corrected chi connectivity index (χ2v) is 5.73. The van der Waals surface area contributed by atoms with Gasteiger partial charge in [0.15, 0.2) is 0 Å². The molecule has 2 amide bonds. The molecule has 0 saturated heterocycles. The van der Waals surface area contributed by atoms with E-state index in [1.54, 1.807) is 17.0 Å². The number of hydrogen-bond donors (Lipinski definition) is 2. The summed E-state index contributed by atoms with van der Waals surface area (Å²) in [4.78, 5) is 13.6. The number of halogens is 2. The van der Waals surface area contributed by atoms with Gasteiger partial charge in [0.2, 0.25) is 0 Å². The first-order valence-electron chi connectivity index (χ1n) is 6.71. The summed E-state index contributed by atoms with van der Waals surface area (Å²) >= 11 is 3.14. The number of carbonyl (C=O) groups is 1. The molecule has 6 heteroatoms. The van der Waals surface area contributed by atoms with Crippen molar-refractivity contribution in [3.63, 3.8) is 0 Å². The van der Waals surface area contributed by atoms with Crippen LogP contribution in [0.5, 0.6) is 0 Å². The average Bonchev–Trinajstić information content (AvgIpc) is 3.24. The van der Waals surface area contributed by atoms with Crippen molar-refractivity contribution in [2.45, 2.75) is 25.3 Å². The van der Waals surface area contributed by atoms with Gasteiger partial charge >= 0.3 is 6.03 Å². The monoisotopic (exact) mass is 344 g/mol. The van der Waals surface area contributed by atoms with Crippen LogP contribution in [0.1, 0.15) is 18.4 Å². The summed E-state index contributed by atoms with van der Waals surface area (Å²) in [7, 11) is 0. The molecule has 0 heterocycles. The third-order valence-electron chi connectivity index (χ3n) is 3.26. The van der Waals surface area contributed by atoms with E-state index in [2.05, 4.69) is 21.2 Å². The molecule has 1 aliphatic rings. The van der Waals surface area contributed by atoms with Crippen molar-refractivity contribution in [2.75, 3.05) is 19.7 Å². The lowest BCUT2D eigenvalue weighted by molar-refractivity contribution is 0.174. The molecule has 1 aromatic rings. The first-order chi connectivity index (χ1) is 9.61. The van der Waals surface area contributed by atoms with Gasteiger partial charge in [-0.1, -0.05) is 6.07 Å².